The van der Waals surface area contributed by atoms with Crippen LogP contribution in [-0.4, -0.2) is 16.1 Å². The van der Waals surface area contributed by atoms with Gasteiger partial charge in [-0.25, -0.2) is 9.78 Å². The summed E-state index contributed by atoms with van der Waals surface area (Å²) in [5.74, 6) is -0.907. The van der Waals surface area contributed by atoms with Gasteiger partial charge in [-0.05, 0) is 46.9 Å². The second kappa shape index (κ2) is 6.07. The van der Waals surface area contributed by atoms with Gasteiger partial charge in [0.25, 0.3) is 0 Å². The summed E-state index contributed by atoms with van der Waals surface area (Å²) in [6.45, 7) is 0. The number of aromatic nitrogens is 1. The molecule has 0 aliphatic heterocycles. The Bertz CT molecular complexity index is 810. The highest BCUT2D eigenvalue weighted by Gasteiger charge is 2.25. The van der Waals surface area contributed by atoms with E-state index in [1.165, 1.54) is 0 Å². The Morgan fingerprint density at radius 3 is 2.77 bits per heavy atom. The van der Waals surface area contributed by atoms with Crippen molar-refractivity contribution in [2.45, 2.75) is 6.42 Å². The average molecular weight is 377 g/mol. The number of hydrogen-bond acceptors (Lipinski definition) is 2. The van der Waals surface area contributed by atoms with Crippen LogP contribution in [0.2, 0.25) is 5.15 Å². The number of nitrogens with zero attached hydrogens (tertiary/aromatic N) is 1. The predicted octanol–water partition coefficient (Wildman–Crippen LogP) is 4.61. The molecule has 0 spiro atoms. The van der Waals surface area contributed by atoms with Gasteiger partial charge in [-0.2, -0.15) is 0 Å². The summed E-state index contributed by atoms with van der Waals surface area (Å²) in [4.78, 5) is 15.6. The molecule has 0 saturated carbocycles. The standard InChI is InChI=1S/C17H11BrClNO2/c18-13-4-5-14-12(8-13)7-11(16(14)17(21)22)3-1-10-2-6-15(19)20-9-10/h1-6,8-9H,7H2,(H,21,22)/b3-1+. The molecule has 0 bridgehead atoms. The van der Waals surface area contributed by atoms with E-state index in [9.17, 15) is 9.90 Å². The maximum absolute atomic E-state index is 11.6. The van der Waals surface area contributed by atoms with E-state index in [0.717, 1.165) is 26.7 Å². The summed E-state index contributed by atoms with van der Waals surface area (Å²) in [6, 6.07) is 9.20. The van der Waals surface area contributed by atoms with Crippen molar-refractivity contribution in [2.75, 3.05) is 0 Å². The lowest BCUT2D eigenvalue weighted by Crippen LogP contribution is -1.99. The molecule has 2 aromatic rings. The monoisotopic (exact) mass is 375 g/mol. The zero-order valence-corrected chi connectivity index (χ0v) is 13.7. The smallest absolute Gasteiger partial charge is 0.336 e. The fraction of sp³-hybridized carbons (Fsp3) is 0.0588. The maximum atomic E-state index is 11.6. The molecular weight excluding hydrogens is 366 g/mol. The van der Waals surface area contributed by atoms with Crippen molar-refractivity contribution in [3.05, 3.63) is 74.5 Å². The molecule has 0 saturated heterocycles. The number of allylic oxidation sites excluding steroid dienone is 2. The van der Waals surface area contributed by atoms with E-state index in [1.807, 2.05) is 36.4 Å². The average Bonchev–Trinajstić information content (AvgIpc) is 2.84. The fourth-order valence-electron chi connectivity index (χ4n) is 2.50. The topological polar surface area (TPSA) is 50.2 Å². The van der Waals surface area contributed by atoms with Crippen molar-refractivity contribution in [3.63, 3.8) is 0 Å². The molecule has 1 heterocycles. The van der Waals surface area contributed by atoms with Crippen LogP contribution in [0, 0.1) is 0 Å². The molecule has 1 aromatic carbocycles. The number of pyridine rings is 1. The van der Waals surface area contributed by atoms with E-state index in [0.29, 0.717) is 17.1 Å². The first kappa shape index (κ1) is 15.0. The minimum atomic E-state index is -0.907. The van der Waals surface area contributed by atoms with Crippen LogP contribution in [0.3, 0.4) is 0 Å². The minimum absolute atomic E-state index is 0.362. The molecule has 0 amide bonds. The van der Waals surface area contributed by atoms with E-state index in [-0.39, 0.29) is 0 Å². The molecule has 0 unspecified atom stereocenters. The van der Waals surface area contributed by atoms with Crippen LogP contribution in [0.15, 0.2) is 52.7 Å². The number of rotatable bonds is 3. The van der Waals surface area contributed by atoms with Gasteiger partial charge in [0.2, 0.25) is 0 Å². The summed E-state index contributed by atoms with van der Waals surface area (Å²) in [5.41, 5.74) is 3.82. The molecule has 1 aliphatic rings. The van der Waals surface area contributed by atoms with E-state index in [1.54, 1.807) is 12.3 Å². The van der Waals surface area contributed by atoms with Crippen LogP contribution < -0.4 is 0 Å². The number of halogens is 2. The lowest BCUT2D eigenvalue weighted by Gasteiger charge is -2.01. The first-order chi connectivity index (χ1) is 10.5. The second-order valence-electron chi connectivity index (χ2n) is 4.93. The first-order valence-electron chi connectivity index (χ1n) is 6.59. The molecule has 5 heteroatoms. The molecule has 3 rings (SSSR count). The molecule has 0 fully saturated rings. The zero-order chi connectivity index (χ0) is 15.7. The number of aliphatic carboxylic acids is 1. The van der Waals surface area contributed by atoms with Gasteiger partial charge in [0, 0.05) is 10.7 Å². The van der Waals surface area contributed by atoms with Gasteiger partial charge in [-0.15, -0.1) is 0 Å². The summed E-state index contributed by atoms with van der Waals surface area (Å²) >= 11 is 9.17. The number of benzene rings is 1. The normalized spacial score (nSPS) is 13.7. The van der Waals surface area contributed by atoms with Gasteiger partial charge in [-0.3, -0.25) is 0 Å². The lowest BCUT2D eigenvalue weighted by molar-refractivity contribution is -0.130. The highest BCUT2D eigenvalue weighted by atomic mass is 79.9. The van der Waals surface area contributed by atoms with Crippen LogP contribution in [0.4, 0.5) is 0 Å². The highest BCUT2D eigenvalue weighted by molar-refractivity contribution is 9.10. The van der Waals surface area contributed by atoms with Crippen molar-refractivity contribution in [1.29, 1.82) is 0 Å². The molecule has 0 atom stereocenters. The molecule has 22 heavy (non-hydrogen) atoms. The third-order valence-corrected chi connectivity index (χ3v) is 4.20. The van der Waals surface area contributed by atoms with Crippen LogP contribution in [-0.2, 0) is 11.2 Å². The van der Waals surface area contributed by atoms with Crippen LogP contribution >= 0.6 is 27.5 Å². The van der Waals surface area contributed by atoms with E-state index in [2.05, 4.69) is 20.9 Å². The molecule has 1 aromatic heterocycles. The number of carboxylic acid groups (broad SMARTS) is 1. The third kappa shape index (κ3) is 2.98. The van der Waals surface area contributed by atoms with E-state index < -0.39 is 5.97 Å². The van der Waals surface area contributed by atoms with Gasteiger partial charge >= 0.3 is 5.97 Å². The van der Waals surface area contributed by atoms with Crippen LogP contribution in [0.5, 0.6) is 0 Å². The molecule has 110 valence electrons. The van der Waals surface area contributed by atoms with E-state index >= 15 is 0 Å². The zero-order valence-electron chi connectivity index (χ0n) is 11.4. The summed E-state index contributed by atoms with van der Waals surface area (Å²) < 4.78 is 0.947. The number of carbonyl (C=O) groups is 1. The van der Waals surface area contributed by atoms with Gasteiger partial charge in [-0.1, -0.05) is 51.8 Å². The summed E-state index contributed by atoms with van der Waals surface area (Å²) in [5, 5.41) is 9.93. The van der Waals surface area contributed by atoms with Crippen LogP contribution in [0.1, 0.15) is 16.7 Å². The second-order valence-corrected chi connectivity index (χ2v) is 6.23. The van der Waals surface area contributed by atoms with Crippen molar-refractivity contribution in [2.24, 2.45) is 0 Å². The largest absolute Gasteiger partial charge is 0.478 e. The quantitative estimate of drug-likeness (QED) is 0.796. The summed E-state index contributed by atoms with van der Waals surface area (Å²) in [7, 11) is 0. The maximum Gasteiger partial charge on any atom is 0.336 e. The minimum Gasteiger partial charge on any atom is -0.478 e. The van der Waals surface area contributed by atoms with Gasteiger partial charge in [0.1, 0.15) is 5.15 Å². The Morgan fingerprint density at radius 1 is 1.27 bits per heavy atom. The van der Waals surface area contributed by atoms with Gasteiger partial charge in [0.05, 0.1) is 5.57 Å². The Labute approximate surface area is 141 Å². The first-order valence-corrected chi connectivity index (χ1v) is 7.76. The Morgan fingerprint density at radius 2 is 2.09 bits per heavy atom. The van der Waals surface area contributed by atoms with Crippen molar-refractivity contribution >= 4 is 45.1 Å². The predicted molar refractivity (Wildman–Crippen MR) is 90.7 cm³/mol. The molecule has 0 radical (unpaired) electrons. The van der Waals surface area contributed by atoms with Crippen LogP contribution in [0.25, 0.3) is 11.6 Å². The van der Waals surface area contributed by atoms with E-state index in [4.69, 9.17) is 11.6 Å². The van der Waals surface area contributed by atoms with Gasteiger partial charge < -0.3 is 5.11 Å². The van der Waals surface area contributed by atoms with Gasteiger partial charge in [0.15, 0.2) is 0 Å². The number of carboxylic acids is 1. The Balaban J connectivity index is 1.97. The number of fused-ring (bicyclic) bond motifs is 1. The fourth-order valence-corrected chi connectivity index (χ4v) is 3.02. The lowest BCUT2D eigenvalue weighted by atomic mass is 10.1. The molecular formula is C17H11BrClNO2. The number of hydrogen-bond donors (Lipinski definition) is 1. The van der Waals surface area contributed by atoms with Crippen molar-refractivity contribution in [1.82, 2.24) is 4.98 Å². The SMILES string of the molecule is O=C(O)C1=C(/C=C/c2ccc(Cl)nc2)Cc2cc(Br)ccc21. The molecule has 1 N–H and O–H groups in total. The van der Waals surface area contributed by atoms with Crippen molar-refractivity contribution < 1.29 is 9.90 Å². The molecule has 1 aliphatic carbocycles. The summed E-state index contributed by atoms with van der Waals surface area (Å²) in [6.07, 6.45) is 5.94. The third-order valence-electron chi connectivity index (χ3n) is 3.48. The molecule has 3 nitrogen and oxygen atoms in total. The van der Waals surface area contributed by atoms with Crippen molar-refractivity contribution in [3.8, 4) is 0 Å². The highest BCUT2D eigenvalue weighted by Crippen LogP contribution is 2.35. The Hall–Kier alpha value is -1.91. The Kier molecular flexibility index (Phi) is 4.14.